The third-order valence-electron chi connectivity index (χ3n) is 3.26. The molecule has 0 aromatic heterocycles. The highest BCUT2D eigenvalue weighted by Gasteiger charge is 2.27. The van der Waals surface area contributed by atoms with Crippen LogP contribution in [0.4, 0.5) is 5.69 Å². The highest BCUT2D eigenvalue weighted by atomic mass is 32.2. The summed E-state index contributed by atoms with van der Waals surface area (Å²) in [6.07, 6.45) is 3.60. The van der Waals surface area contributed by atoms with E-state index in [9.17, 15) is 18.5 Å². The molecule has 22 heavy (non-hydrogen) atoms. The molecule has 0 saturated heterocycles. The molecule has 0 radical (unpaired) electrons. The molecule has 1 aliphatic rings. The van der Waals surface area contributed by atoms with Crippen molar-refractivity contribution in [2.75, 3.05) is 7.05 Å². The minimum atomic E-state index is -3.88. The summed E-state index contributed by atoms with van der Waals surface area (Å²) >= 11 is 0. The number of hydrogen-bond donors (Lipinski definition) is 0. The summed E-state index contributed by atoms with van der Waals surface area (Å²) in [5.41, 5.74) is -0.264. The zero-order valence-electron chi connectivity index (χ0n) is 13.1. The minimum absolute atomic E-state index is 0.103. The smallest absolute Gasteiger partial charge is 0.270 e. The van der Waals surface area contributed by atoms with Gasteiger partial charge in [0.15, 0.2) is 0 Å². The first-order valence-corrected chi connectivity index (χ1v) is 8.75. The van der Waals surface area contributed by atoms with Crippen LogP contribution in [0.15, 0.2) is 29.2 Å². The number of hydrogen-bond acceptors (Lipinski definition) is 5. The second kappa shape index (κ2) is 8.21. The molecule has 0 unspecified atom stereocenters. The largest absolute Gasteiger partial charge is 0.281 e. The molecule has 8 heteroatoms. The Labute approximate surface area is 131 Å². The van der Waals surface area contributed by atoms with Gasteiger partial charge < -0.3 is 0 Å². The second-order valence-corrected chi connectivity index (χ2v) is 6.62. The number of benzene rings is 1. The van der Waals surface area contributed by atoms with Crippen LogP contribution >= 0.6 is 0 Å². The minimum Gasteiger partial charge on any atom is -0.281 e. The molecule has 1 aromatic carbocycles. The number of nitro benzene ring substituents is 1. The van der Waals surface area contributed by atoms with Crippen LogP contribution in [0, 0.1) is 10.1 Å². The lowest BCUT2D eigenvalue weighted by molar-refractivity contribution is -0.385. The van der Waals surface area contributed by atoms with Gasteiger partial charge in [-0.25, -0.2) is 8.42 Å². The number of nitrogens with zero attached hydrogens (tertiary/aromatic N) is 2. The average Bonchev–Trinajstić information content (AvgIpc) is 3.02. The van der Waals surface area contributed by atoms with Crippen molar-refractivity contribution in [3.8, 4) is 0 Å². The highest BCUT2D eigenvalue weighted by Crippen LogP contribution is 2.25. The van der Waals surface area contributed by atoms with E-state index in [2.05, 4.69) is 0 Å². The Morgan fingerprint density at radius 3 is 2.41 bits per heavy atom. The summed E-state index contributed by atoms with van der Waals surface area (Å²) in [5, 5.41) is 10.7. The van der Waals surface area contributed by atoms with Gasteiger partial charge in [0.1, 0.15) is 0 Å². The molecule has 0 spiro atoms. The molecule has 0 bridgehead atoms. The van der Waals surface area contributed by atoms with Crippen LogP contribution in [0.25, 0.3) is 0 Å². The van der Waals surface area contributed by atoms with Crippen LogP contribution in [0.5, 0.6) is 0 Å². The lowest BCUT2D eigenvalue weighted by Gasteiger charge is -2.20. The van der Waals surface area contributed by atoms with Crippen molar-refractivity contribution in [1.82, 2.24) is 4.47 Å². The number of hydroxylamine groups is 1. The fourth-order valence-corrected chi connectivity index (χ4v) is 3.22. The van der Waals surface area contributed by atoms with Crippen molar-refractivity contribution in [3.05, 3.63) is 34.4 Å². The van der Waals surface area contributed by atoms with Crippen LogP contribution in [-0.4, -0.2) is 31.0 Å². The summed E-state index contributed by atoms with van der Waals surface area (Å²) in [6.45, 7) is 4.00. The van der Waals surface area contributed by atoms with E-state index < -0.39 is 14.9 Å². The van der Waals surface area contributed by atoms with Gasteiger partial charge in [-0.05, 0) is 18.9 Å². The maximum Gasteiger partial charge on any atom is 0.270 e. The standard InChI is InChI=1S/C12H16N2O5S.C2H6/c1-13(19-11-6-2-3-7-11)20(17,18)12-8-4-5-10(9-12)14(15)16;1-2/h4-5,8-9,11H,2-3,6-7H2,1H3;1-2H3. The average molecular weight is 330 g/mol. The third kappa shape index (κ3) is 4.49. The molecule has 1 aromatic rings. The predicted molar refractivity (Wildman–Crippen MR) is 82.7 cm³/mol. The first-order valence-electron chi connectivity index (χ1n) is 7.31. The van der Waals surface area contributed by atoms with E-state index in [0.29, 0.717) is 0 Å². The van der Waals surface area contributed by atoms with E-state index in [1.165, 1.54) is 25.2 Å². The molecule has 1 aliphatic carbocycles. The third-order valence-corrected chi connectivity index (χ3v) is 4.88. The molecule has 0 atom stereocenters. The first-order chi connectivity index (χ1) is 10.4. The maximum atomic E-state index is 12.3. The molecule has 0 aliphatic heterocycles. The molecule has 1 fully saturated rings. The van der Waals surface area contributed by atoms with Gasteiger partial charge in [0.05, 0.1) is 15.9 Å². The van der Waals surface area contributed by atoms with Crippen LogP contribution in [0.3, 0.4) is 0 Å². The Kier molecular flexibility index (Phi) is 6.92. The van der Waals surface area contributed by atoms with Crippen LogP contribution in [-0.2, 0) is 14.9 Å². The Bertz CT molecular complexity index is 597. The molecular weight excluding hydrogens is 308 g/mol. The Morgan fingerprint density at radius 1 is 1.27 bits per heavy atom. The normalized spacial score (nSPS) is 15.5. The summed E-state index contributed by atoms with van der Waals surface area (Å²) < 4.78 is 25.4. The van der Waals surface area contributed by atoms with Crippen molar-refractivity contribution in [2.45, 2.75) is 50.5 Å². The zero-order valence-corrected chi connectivity index (χ0v) is 13.9. The monoisotopic (exact) mass is 330 g/mol. The van der Waals surface area contributed by atoms with Crippen molar-refractivity contribution in [1.29, 1.82) is 0 Å². The SMILES string of the molecule is CC.CN(OC1CCCC1)S(=O)(=O)c1cccc([N+](=O)[O-])c1. The van der Waals surface area contributed by atoms with Gasteiger partial charge in [-0.2, -0.15) is 0 Å². The highest BCUT2D eigenvalue weighted by molar-refractivity contribution is 7.89. The topological polar surface area (TPSA) is 89.8 Å². The number of sulfonamides is 1. The predicted octanol–water partition coefficient (Wildman–Crippen LogP) is 3.12. The maximum absolute atomic E-state index is 12.3. The van der Waals surface area contributed by atoms with Gasteiger partial charge >= 0.3 is 0 Å². The number of rotatable bonds is 5. The van der Waals surface area contributed by atoms with Gasteiger partial charge in [-0.1, -0.05) is 37.2 Å². The van der Waals surface area contributed by atoms with E-state index >= 15 is 0 Å². The van der Waals surface area contributed by atoms with Crippen molar-refractivity contribution in [3.63, 3.8) is 0 Å². The van der Waals surface area contributed by atoms with Gasteiger partial charge in [-0.15, -0.1) is 0 Å². The Morgan fingerprint density at radius 2 is 1.86 bits per heavy atom. The summed E-state index contributed by atoms with van der Waals surface area (Å²) in [7, 11) is -2.56. The van der Waals surface area contributed by atoms with E-state index in [-0.39, 0.29) is 16.7 Å². The molecular formula is C14H22N2O5S. The van der Waals surface area contributed by atoms with E-state index in [4.69, 9.17) is 4.84 Å². The Balaban J connectivity index is 0.00000116. The van der Waals surface area contributed by atoms with Crippen molar-refractivity contribution < 1.29 is 18.2 Å². The van der Waals surface area contributed by atoms with Gasteiger partial charge in [0, 0.05) is 19.2 Å². The first kappa shape index (κ1) is 18.5. The van der Waals surface area contributed by atoms with Crippen LogP contribution in [0.1, 0.15) is 39.5 Å². The lowest BCUT2D eigenvalue weighted by Crippen LogP contribution is -2.31. The second-order valence-electron chi connectivity index (χ2n) is 4.68. The van der Waals surface area contributed by atoms with Gasteiger partial charge in [-0.3, -0.25) is 15.0 Å². The van der Waals surface area contributed by atoms with Gasteiger partial charge in [0.25, 0.3) is 15.7 Å². The fraction of sp³-hybridized carbons (Fsp3) is 0.571. The van der Waals surface area contributed by atoms with Crippen LogP contribution in [0.2, 0.25) is 0 Å². The van der Waals surface area contributed by atoms with E-state index in [1.54, 1.807) is 0 Å². The molecule has 124 valence electrons. The zero-order chi connectivity index (χ0) is 16.8. The molecule has 2 rings (SSSR count). The number of non-ortho nitro benzene ring substituents is 1. The van der Waals surface area contributed by atoms with Crippen molar-refractivity contribution in [2.24, 2.45) is 0 Å². The van der Waals surface area contributed by atoms with Crippen LogP contribution < -0.4 is 0 Å². The van der Waals surface area contributed by atoms with E-state index in [0.717, 1.165) is 36.2 Å². The number of nitro groups is 1. The summed E-state index contributed by atoms with van der Waals surface area (Å²) in [4.78, 5) is 15.3. The summed E-state index contributed by atoms with van der Waals surface area (Å²) in [5.74, 6) is 0. The molecule has 7 nitrogen and oxygen atoms in total. The molecule has 0 N–H and O–H groups in total. The lowest BCUT2D eigenvalue weighted by atomic mass is 10.3. The molecule has 0 amide bonds. The Hall–Kier alpha value is -1.51. The summed E-state index contributed by atoms with van der Waals surface area (Å²) in [6, 6.07) is 4.94. The molecule has 0 heterocycles. The van der Waals surface area contributed by atoms with E-state index in [1.807, 2.05) is 13.8 Å². The van der Waals surface area contributed by atoms with Gasteiger partial charge in [0.2, 0.25) is 0 Å². The quantitative estimate of drug-likeness (QED) is 0.611. The molecule has 1 saturated carbocycles. The van der Waals surface area contributed by atoms with Crippen molar-refractivity contribution >= 4 is 15.7 Å². The fourth-order valence-electron chi connectivity index (χ4n) is 2.17.